The molecule has 0 spiro atoms. The van der Waals surface area contributed by atoms with Crippen molar-refractivity contribution in [3.05, 3.63) is 58.8 Å². The minimum atomic E-state index is -4.51. The molecule has 1 aromatic carbocycles. The summed E-state index contributed by atoms with van der Waals surface area (Å²) in [5, 5.41) is 3.61. The van der Waals surface area contributed by atoms with Gasteiger partial charge < -0.3 is 4.74 Å². The molecule has 11 heteroatoms. The first-order valence-corrected chi connectivity index (χ1v) is 8.79. The number of aromatic nitrogens is 4. The maximum atomic E-state index is 12.9. The zero-order chi connectivity index (χ0) is 20.8. The number of benzene rings is 1. The number of amides is 1. The normalized spacial score (nSPS) is 14.0. The lowest BCUT2D eigenvalue weighted by molar-refractivity contribution is -0.141. The minimum absolute atomic E-state index is 0.0166. The van der Waals surface area contributed by atoms with Gasteiger partial charge in [-0.25, -0.2) is 9.67 Å². The first kappa shape index (κ1) is 19.2. The summed E-state index contributed by atoms with van der Waals surface area (Å²) in [6.45, 7) is 1.58. The molecular formula is C18H13ClF3N5O2. The molecule has 4 rings (SSSR count). The highest BCUT2D eigenvalue weighted by Crippen LogP contribution is 2.32. The summed E-state index contributed by atoms with van der Waals surface area (Å²) in [6.07, 6.45) is -3.12. The van der Waals surface area contributed by atoms with Gasteiger partial charge in [-0.3, -0.25) is 9.69 Å². The molecule has 3 heterocycles. The van der Waals surface area contributed by atoms with Crippen LogP contribution in [0.3, 0.4) is 0 Å². The average Bonchev–Trinajstić information content (AvgIpc) is 3.07. The standard InChI is InChI=1S/C18H13ClF3N5O2/c1-10-6-14(18(20,21)22)25-27(10)12-4-2-11(3-5-12)8-26-15(28)9-29-13-7-23-17(19)24-16(13)26/h2-7H,8-9H2,1H3. The van der Waals surface area contributed by atoms with E-state index in [1.165, 1.54) is 15.8 Å². The van der Waals surface area contributed by atoms with E-state index in [0.717, 1.165) is 11.6 Å². The van der Waals surface area contributed by atoms with Gasteiger partial charge in [-0.1, -0.05) is 12.1 Å². The van der Waals surface area contributed by atoms with Crippen LogP contribution in [-0.4, -0.2) is 32.3 Å². The second kappa shape index (κ2) is 7.03. The van der Waals surface area contributed by atoms with E-state index in [1.807, 2.05) is 0 Å². The van der Waals surface area contributed by atoms with Gasteiger partial charge >= 0.3 is 6.18 Å². The van der Waals surface area contributed by atoms with Crippen LogP contribution in [0.1, 0.15) is 17.0 Å². The number of anilines is 1. The lowest BCUT2D eigenvalue weighted by atomic mass is 10.2. The first-order chi connectivity index (χ1) is 13.7. The van der Waals surface area contributed by atoms with Crippen LogP contribution in [0.15, 0.2) is 36.5 Å². The third kappa shape index (κ3) is 3.75. The molecule has 0 radical (unpaired) electrons. The van der Waals surface area contributed by atoms with Crippen molar-refractivity contribution in [1.29, 1.82) is 0 Å². The van der Waals surface area contributed by atoms with E-state index in [9.17, 15) is 18.0 Å². The van der Waals surface area contributed by atoms with Crippen LogP contribution < -0.4 is 9.64 Å². The predicted octanol–water partition coefficient (Wildman–Crippen LogP) is 3.57. The second-order valence-corrected chi connectivity index (χ2v) is 6.68. The van der Waals surface area contributed by atoms with Gasteiger partial charge in [0.2, 0.25) is 5.28 Å². The Kier molecular flexibility index (Phi) is 4.65. The fraction of sp³-hybridized carbons (Fsp3) is 0.222. The Bertz CT molecular complexity index is 1080. The highest BCUT2D eigenvalue weighted by atomic mass is 35.5. The molecule has 1 aliphatic heterocycles. The predicted molar refractivity (Wildman–Crippen MR) is 97.0 cm³/mol. The van der Waals surface area contributed by atoms with E-state index >= 15 is 0 Å². The van der Waals surface area contributed by atoms with Gasteiger partial charge in [0.1, 0.15) is 0 Å². The monoisotopic (exact) mass is 423 g/mol. The number of fused-ring (bicyclic) bond motifs is 1. The lowest BCUT2D eigenvalue weighted by Crippen LogP contribution is -2.39. The lowest BCUT2D eigenvalue weighted by Gasteiger charge is -2.28. The number of hydrogen-bond donors (Lipinski definition) is 0. The zero-order valence-electron chi connectivity index (χ0n) is 14.9. The molecule has 7 nitrogen and oxygen atoms in total. The average molecular weight is 424 g/mol. The molecule has 3 aromatic rings. The zero-order valence-corrected chi connectivity index (χ0v) is 15.7. The molecule has 0 N–H and O–H groups in total. The molecule has 0 unspecified atom stereocenters. The van der Waals surface area contributed by atoms with Crippen molar-refractivity contribution in [1.82, 2.24) is 19.7 Å². The van der Waals surface area contributed by atoms with Crippen LogP contribution >= 0.6 is 11.6 Å². The number of rotatable bonds is 3. The fourth-order valence-corrected chi connectivity index (χ4v) is 3.06. The van der Waals surface area contributed by atoms with Crippen molar-refractivity contribution in [3.63, 3.8) is 0 Å². The van der Waals surface area contributed by atoms with Crippen LogP contribution in [0.5, 0.6) is 5.75 Å². The fourth-order valence-electron chi connectivity index (χ4n) is 2.93. The van der Waals surface area contributed by atoms with Crippen molar-refractivity contribution < 1.29 is 22.7 Å². The van der Waals surface area contributed by atoms with Crippen LogP contribution in [-0.2, 0) is 17.5 Å². The number of ether oxygens (including phenoxy) is 1. The second-order valence-electron chi connectivity index (χ2n) is 6.34. The molecule has 0 saturated heterocycles. The molecule has 150 valence electrons. The summed E-state index contributed by atoms with van der Waals surface area (Å²) in [5.74, 6) is 0.314. The molecule has 1 amide bonds. The van der Waals surface area contributed by atoms with Gasteiger partial charge in [0.25, 0.3) is 5.91 Å². The number of carbonyl (C=O) groups is 1. The molecular weight excluding hydrogens is 411 g/mol. The van der Waals surface area contributed by atoms with Gasteiger partial charge in [0.15, 0.2) is 23.9 Å². The highest BCUT2D eigenvalue weighted by molar-refractivity contribution is 6.28. The Balaban J connectivity index is 1.59. The maximum absolute atomic E-state index is 12.9. The quantitative estimate of drug-likeness (QED) is 0.602. The van der Waals surface area contributed by atoms with Crippen LogP contribution in [0.25, 0.3) is 5.69 Å². The Morgan fingerprint density at radius 1 is 1.24 bits per heavy atom. The molecule has 1 aliphatic rings. The van der Waals surface area contributed by atoms with Crippen molar-refractivity contribution >= 4 is 23.3 Å². The summed E-state index contributed by atoms with van der Waals surface area (Å²) in [5.41, 5.74) is 0.617. The minimum Gasteiger partial charge on any atom is -0.478 e. The molecule has 0 atom stereocenters. The molecule has 0 saturated carbocycles. The molecule has 2 aromatic heterocycles. The SMILES string of the molecule is Cc1cc(C(F)(F)F)nn1-c1ccc(CN2C(=O)COc3cnc(Cl)nc32)cc1. The number of aryl methyl sites for hydroxylation is 1. The van der Waals surface area contributed by atoms with E-state index in [1.54, 1.807) is 31.2 Å². The smallest absolute Gasteiger partial charge is 0.435 e. The van der Waals surface area contributed by atoms with E-state index < -0.39 is 11.9 Å². The van der Waals surface area contributed by atoms with Gasteiger partial charge in [-0.2, -0.15) is 23.3 Å². The Morgan fingerprint density at radius 2 is 1.97 bits per heavy atom. The van der Waals surface area contributed by atoms with Crippen molar-refractivity contribution in [3.8, 4) is 11.4 Å². The molecule has 29 heavy (non-hydrogen) atoms. The van der Waals surface area contributed by atoms with Gasteiger partial charge in [0, 0.05) is 5.69 Å². The third-order valence-electron chi connectivity index (χ3n) is 4.31. The van der Waals surface area contributed by atoms with Gasteiger partial charge in [-0.15, -0.1) is 0 Å². The van der Waals surface area contributed by atoms with Crippen LogP contribution in [0.2, 0.25) is 5.28 Å². The number of carbonyl (C=O) groups excluding carboxylic acids is 1. The van der Waals surface area contributed by atoms with Gasteiger partial charge in [0.05, 0.1) is 18.4 Å². The summed E-state index contributed by atoms with van der Waals surface area (Å²) in [6, 6.07) is 7.66. The molecule has 0 fully saturated rings. The highest BCUT2D eigenvalue weighted by Gasteiger charge is 2.34. The van der Waals surface area contributed by atoms with Crippen molar-refractivity contribution in [2.24, 2.45) is 0 Å². The summed E-state index contributed by atoms with van der Waals surface area (Å²) in [7, 11) is 0. The summed E-state index contributed by atoms with van der Waals surface area (Å²) in [4.78, 5) is 21.6. The number of halogens is 4. The van der Waals surface area contributed by atoms with Crippen LogP contribution in [0.4, 0.5) is 19.0 Å². The van der Waals surface area contributed by atoms with Gasteiger partial charge in [-0.05, 0) is 42.3 Å². The van der Waals surface area contributed by atoms with Crippen molar-refractivity contribution in [2.45, 2.75) is 19.6 Å². The maximum Gasteiger partial charge on any atom is 0.435 e. The Hall–Kier alpha value is -3.14. The van der Waals surface area contributed by atoms with E-state index in [0.29, 0.717) is 17.1 Å². The van der Waals surface area contributed by atoms with E-state index in [-0.39, 0.29) is 30.2 Å². The first-order valence-electron chi connectivity index (χ1n) is 8.41. The summed E-state index contributed by atoms with van der Waals surface area (Å²) >= 11 is 5.82. The third-order valence-corrected chi connectivity index (χ3v) is 4.50. The molecule has 0 bridgehead atoms. The Labute approximate surface area is 167 Å². The topological polar surface area (TPSA) is 73.1 Å². The van der Waals surface area contributed by atoms with Crippen molar-refractivity contribution in [2.75, 3.05) is 11.5 Å². The number of alkyl halides is 3. The number of hydrogen-bond acceptors (Lipinski definition) is 5. The van der Waals surface area contributed by atoms with Crippen LogP contribution in [0, 0.1) is 6.92 Å². The Morgan fingerprint density at radius 3 is 2.62 bits per heavy atom. The largest absolute Gasteiger partial charge is 0.478 e. The summed E-state index contributed by atoms with van der Waals surface area (Å²) < 4.78 is 45.1. The van der Waals surface area contributed by atoms with E-state index in [4.69, 9.17) is 16.3 Å². The van der Waals surface area contributed by atoms with E-state index in [2.05, 4.69) is 15.1 Å². The number of nitrogens with zero attached hydrogens (tertiary/aromatic N) is 5. The molecule has 0 aliphatic carbocycles.